The van der Waals surface area contributed by atoms with Crippen molar-refractivity contribution in [2.45, 2.75) is 70.8 Å². The van der Waals surface area contributed by atoms with Crippen LogP contribution in [0.3, 0.4) is 0 Å². The maximum atomic E-state index is 13.6. The molecule has 0 bridgehead atoms. The molecule has 1 saturated heterocycles. The summed E-state index contributed by atoms with van der Waals surface area (Å²) in [5.74, 6) is -3.61. The van der Waals surface area contributed by atoms with Crippen molar-refractivity contribution in [3.63, 3.8) is 0 Å². The Hall–Kier alpha value is -3.99. The van der Waals surface area contributed by atoms with Gasteiger partial charge in [-0.25, -0.2) is 0 Å². The van der Waals surface area contributed by atoms with E-state index in [-0.39, 0.29) is 23.7 Å². The lowest BCUT2D eigenvalue weighted by atomic mass is 9.91. The highest BCUT2D eigenvalue weighted by Crippen LogP contribution is 2.18. The maximum Gasteiger partial charge on any atom is 0.255 e. The van der Waals surface area contributed by atoms with Gasteiger partial charge < -0.3 is 31.5 Å². The molecule has 3 rings (SSSR count). The number of aromatic hydroxyl groups is 1. The van der Waals surface area contributed by atoms with Gasteiger partial charge in [0.25, 0.3) is 5.91 Å². The Labute approximate surface area is 227 Å². The van der Waals surface area contributed by atoms with Crippen molar-refractivity contribution >= 4 is 23.6 Å². The maximum absolute atomic E-state index is 13.6. The molecule has 39 heavy (non-hydrogen) atoms. The fourth-order valence-electron chi connectivity index (χ4n) is 4.52. The number of pyridine rings is 1. The standard InChI is InChI=1S/C28H37N5O6/c1-15(2)12-21-27(38)30-17(4)23(33-26(37)19-9-5-6-10-22(19)34)28(39)31-20(13-18-8-7-11-29-14-18)24(35)16(3)25(36)32-21/h5-11,14-17,20-21,23-24,34-35H,12-13H2,1-4H3,(H,30,38)(H,31,39)(H,32,36)(H,33,37). The minimum absolute atomic E-state index is 0.0412. The van der Waals surface area contributed by atoms with Crippen LogP contribution in [0.1, 0.15) is 50.0 Å². The first kappa shape index (κ1) is 29.6. The predicted octanol–water partition coefficient (Wildman–Crippen LogP) is 0.659. The molecule has 2 aromatic rings. The molecule has 0 saturated carbocycles. The van der Waals surface area contributed by atoms with Gasteiger partial charge in [-0.05, 0) is 49.4 Å². The predicted molar refractivity (Wildman–Crippen MR) is 143 cm³/mol. The van der Waals surface area contributed by atoms with E-state index in [4.69, 9.17) is 0 Å². The van der Waals surface area contributed by atoms with E-state index >= 15 is 0 Å². The number of benzene rings is 1. The molecule has 2 heterocycles. The molecule has 1 aliphatic heterocycles. The van der Waals surface area contributed by atoms with Gasteiger partial charge in [-0.1, -0.05) is 39.0 Å². The van der Waals surface area contributed by atoms with Crippen LogP contribution in [0.15, 0.2) is 48.8 Å². The number of phenols is 1. The molecule has 1 fully saturated rings. The van der Waals surface area contributed by atoms with Gasteiger partial charge in [0, 0.05) is 12.4 Å². The molecule has 1 aliphatic rings. The number of hydrogen-bond acceptors (Lipinski definition) is 7. The number of nitrogens with one attached hydrogen (secondary N) is 4. The first-order chi connectivity index (χ1) is 18.5. The zero-order valence-electron chi connectivity index (χ0n) is 22.5. The summed E-state index contributed by atoms with van der Waals surface area (Å²) in [5.41, 5.74) is 0.677. The first-order valence-electron chi connectivity index (χ1n) is 13.0. The lowest BCUT2D eigenvalue weighted by Crippen LogP contribution is -2.64. The molecular formula is C28H37N5O6. The Bertz CT molecular complexity index is 1170. The van der Waals surface area contributed by atoms with E-state index in [0.29, 0.717) is 6.42 Å². The van der Waals surface area contributed by atoms with E-state index in [2.05, 4.69) is 26.3 Å². The number of phenolic OH excluding ortho intramolecular Hbond substituents is 1. The summed E-state index contributed by atoms with van der Waals surface area (Å²) in [6, 6.07) is 5.38. The molecule has 11 nitrogen and oxygen atoms in total. The lowest BCUT2D eigenvalue weighted by Gasteiger charge is -2.34. The molecule has 6 atom stereocenters. The molecular weight excluding hydrogens is 502 g/mol. The van der Waals surface area contributed by atoms with Crippen LogP contribution >= 0.6 is 0 Å². The average molecular weight is 540 g/mol. The van der Waals surface area contributed by atoms with Crippen LogP contribution in [0.4, 0.5) is 0 Å². The second-order valence-electron chi connectivity index (χ2n) is 10.4. The second kappa shape index (κ2) is 13.2. The van der Waals surface area contributed by atoms with Gasteiger partial charge in [-0.3, -0.25) is 24.2 Å². The summed E-state index contributed by atoms with van der Waals surface area (Å²) in [4.78, 5) is 57.0. The van der Waals surface area contributed by atoms with E-state index in [1.54, 1.807) is 43.6 Å². The molecule has 1 aromatic heterocycles. The van der Waals surface area contributed by atoms with Crippen molar-refractivity contribution in [1.29, 1.82) is 0 Å². The lowest BCUT2D eigenvalue weighted by molar-refractivity contribution is -0.136. The molecule has 6 N–H and O–H groups in total. The van der Waals surface area contributed by atoms with E-state index in [1.165, 1.54) is 19.1 Å². The van der Waals surface area contributed by atoms with Gasteiger partial charge in [0.05, 0.1) is 29.7 Å². The third-order valence-electron chi connectivity index (χ3n) is 6.77. The summed E-state index contributed by atoms with van der Waals surface area (Å²) in [5, 5.41) is 32.3. The minimum Gasteiger partial charge on any atom is -0.507 e. The zero-order chi connectivity index (χ0) is 28.7. The van der Waals surface area contributed by atoms with Crippen LogP contribution < -0.4 is 21.3 Å². The highest BCUT2D eigenvalue weighted by Gasteiger charge is 2.38. The molecule has 11 heteroatoms. The fraction of sp³-hybridized carbons (Fsp3) is 0.464. The van der Waals surface area contributed by atoms with Crippen molar-refractivity contribution in [2.24, 2.45) is 11.8 Å². The number of carbonyl (C=O) groups is 4. The molecule has 0 radical (unpaired) electrons. The smallest absolute Gasteiger partial charge is 0.255 e. The van der Waals surface area contributed by atoms with E-state index in [1.807, 2.05) is 13.8 Å². The normalized spacial score (nSPS) is 26.5. The summed E-state index contributed by atoms with van der Waals surface area (Å²) in [6.07, 6.45) is 2.36. The quantitative estimate of drug-likeness (QED) is 0.313. The van der Waals surface area contributed by atoms with Crippen molar-refractivity contribution in [3.05, 3.63) is 59.9 Å². The summed E-state index contributed by atoms with van der Waals surface area (Å²) >= 11 is 0. The molecule has 4 amide bonds. The topological polar surface area (TPSA) is 170 Å². The van der Waals surface area contributed by atoms with Gasteiger partial charge >= 0.3 is 0 Å². The summed E-state index contributed by atoms with van der Waals surface area (Å²) in [7, 11) is 0. The van der Waals surface area contributed by atoms with Gasteiger partial charge in [-0.15, -0.1) is 0 Å². The van der Waals surface area contributed by atoms with Crippen molar-refractivity contribution < 1.29 is 29.4 Å². The average Bonchev–Trinajstić information content (AvgIpc) is 2.89. The summed E-state index contributed by atoms with van der Waals surface area (Å²) in [6.45, 7) is 6.90. The van der Waals surface area contributed by atoms with Gasteiger partial charge in [0.2, 0.25) is 17.7 Å². The van der Waals surface area contributed by atoms with E-state index < -0.39 is 59.8 Å². The van der Waals surface area contributed by atoms with Gasteiger partial charge in [-0.2, -0.15) is 0 Å². The van der Waals surface area contributed by atoms with Crippen molar-refractivity contribution in [2.75, 3.05) is 0 Å². The molecule has 0 spiro atoms. The molecule has 210 valence electrons. The van der Waals surface area contributed by atoms with Crippen LogP contribution in [0, 0.1) is 11.8 Å². The Kier molecular flexibility index (Phi) is 10.00. The number of carbonyl (C=O) groups excluding carboxylic acids is 4. The number of amides is 4. The van der Waals surface area contributed by atoms with Crippen LogP contribution in [0.5, 0.6) is 5.75 Å². The highest BCUT2D eigenvalue weighted by molar-refractivity contribution is 6.00. The van der Waals surface area contributed by atoms with Gasteiger partial charge in [0.1, 0.15) is 17.8 Å². The zero-order valence-corrected chi connectivity index (χ0v) is 22.5. The van der Waals surface area contributed by atoms with Crippen LogP contribution in [0.25, 0.3) is 0 Å². The molecule has 0 aliphatic carbocycles. The fourth-order valence-corrected chi connectivity index (χ4v) is 4.52. The molecule has 1 aromatic carbocycles. The van der Waals surface area contributed by atoms with Crippen molar-refractivity contribution in [1.82, 2.24) is 26.3 Å². The van der Waals surface area contributed by atoms with Crippen LogP contribution in [-0.2, 0) is 20.8 Å². The second-order valence-corrected chi connectivity index (χ2v) is 10.4. The van der Waals surface area contributed by atoms with Crippen LogP contribution in [0.2, 0.25) is 0 Å². The number of aliphatic hydroxyl groups excluding tert-OH is 1. The highest BCUT2D eigenvalue weighted by atomic mass is 16.3. The monoisotopic (exact) mass is 539 g/mol. The van der Waals surface area contributed by atoms with Crippen LogP contribution in [-0.4, -0.2) is 69.1 Å². The molecule has 6 unspecified atom stereocenters. The minimum atomic E-state index is -1.32. The number of nitrogens with zero attached hydrogens (tertiary/aromatic N) is 1. The number of hydrogen-bond donors (Lipinski definition) is 6. The number of rotatable bonds is 6. The summed E-state index contributed by atoms with van der Waals surface area (Å²) < 4.78 is 0. The third-order valence-corrected chi connectivity index (χ3v) is 6.77. The van der Waals surface area contributed by atoms with Gasteiger partial charge in [0.15, 0.2) is 0 Å². The van der Waals surface area contributed by atoms with E-state index in [0.717, 1.165) is 5.56 Å². The van der Waals surface area contributed by atoms with E-state index in [9.17, 15) is 29.4 Å². The largest absolute Gasteiger partial charge is 0.507 e. The van der Waals surface area contributed by atoms with Crippen molar-refractivity contribution in [3.8, 4) is 5.75 Å². The number of aromatic nitrogens is 1. The Morgan fingerprint density at radius 2 is 1.72 bits per heavy atom. The Morgan fingerprint density at radius 1 is 1.00 bits per heavy atom. The Balaban J connectivity index is 1.99. The number of para-hydroxylation sites is 1. The number of aliphatic hydroxyl groups is 1. The first-order valence-corrected chi connectivity index (χ1v) is 13.0. The third kappa shape index (κ3) is 7.76. The SMILES string of the molecule is CC(C)CC1NC(=O)C(C)C(O)C(Cc2cccnc2)NC(=O)C(NC(=O)c2ccccc2O)C(C)NC1=O. The Morgan fingerprint density at radius 3 is 2.36 bits per heavy atom.